The number of hydrogen-bond acceptors (Lipinski definition) is 6. The number of fused-ring (bicyclic) bond motifs is 3. The molecule has 0 spiro atoms. The Balaban J connectivity index is 1.26. The third-order valence-corrected chi connectivity index (χ3v) is 6.93. The zero-order valence-corrected chi connectivity index (χ0v) is 17.8. The molecule has 2 aromatic heterocycles. The topological polar surface area (TPSA) is 130 Å². The number of urea groups is 1. The molecule has 10 heteroatoms. The number of benzene rings is 1. The molecule has 3 amide bonds. The van der Waals surface area contributed by atoms with Crippen LogP contribution in [0, 0.1) is 0 Å². The Morgan fingerprint density at radius 2 is 1.90 bits per heavy atom. The molecule has 0 unspecified atom stereocenters. The second-order valence-corrected chi connectivity index (χ2v) is 9.16. The highest BCUT2D eigenvalue weighted by Crippen LogP contribution is 2.34. The van der Waals surface area contributed by atoms with Gasteiger partial charge in [0.25, 0.3) is 5.56 Å². The van der Waals surface area contributed by atoms with E-state index in [1.807, 2.05) is 0 Å². The minimum absolute atomic E-state index is 0.0537. The van der Waals surface area contributed by atoms with Crippen LogP contribution in [-0.2, 0) is 23.4 Å². The first kappa shape index (κ1) is 20.4. The van der Waals surface area contributed by atoms with Crippen LogP contribution in [0.1, 0.15) is 29.1 Å². The summed E-state index contributed by atoms with van der Waals surface area (Å²) < 4.78 is 0. The molecule has 0 fully saturated rings. The number of H-pyrrole nitrogens is 1. The van der Waals surface area contributed by atoms with Crippen LogP contribution in [0.15, 0.2) is 29.1 Å². The Morgan fingerprint density at radius 1 is 1.17 bits per heavy atom. The van der Waals surface area contributed by atoms with Crippen LogP contribution in [0.2, 0.25) is 0 Å². The molecule has 0 radical (unpaired) electrons. The molecule has 0 saturated carbocycles. The maximum Gasteiger partial charge on any atom is 0.316 e. The number of aromatic nitrogens is 2. The monoisotopic (exact) mass is 443 g/mol. The first-order valence-corrected chi connectivity index (χ1v) is 11.5. The summed E-state index contributed by atoms with van der Waals surface area (Å²) in [5.41, 5.74) is 7.39. The average Bonchev–Trinajstić information content (AvgIpc) is 3.27. The lowest BCUT2D eigenvalue weighted by atomic mass is 10.2. The van der Waals surface area contributed by atoms with Crippen LogP contribution >= 0.6 is 23.1 Å². The molecule has 2 heterocycles. The summed E-state index contributed by atoms with van der Waals surface area (Å²) in [4.78, 5) is 45.0. The normalized spacial score (nSPS) is 12.7. The van der Waals surface area contributed by atoms with Gasteiger partial charge in [-0.05, 0) is 49.1 Å². The number of thiophene rings is 1. The van der Waals surface area contributed by atoms with E-state index in [9.17, 15) is 14.4 Å². The number of anilines is 2. The number of rotatable bonds is 7. The molecule has 4 rings (SSSR count). The van der Waals surface area contributed by atoms with Gasteiger partial charge in [-0.25, -0.2) is 9.78 Å². The predicted octanol–water partition coefficient (Wildman–Crippen LogP) is 3.23. The van der Waals surface area contributed by atoms with Gasteiger partial charge in [0.2, 0.25) is 5.91 Å². The minimum Gasteiger partial charge on any atom is -0.351 e. The summed E-state index contributed by atoms with van der Waals surface area (Å²) in [6.07, 6.45) is 3.46. The van der Waals surface area contributed by atoms with Crippen LogP contribution in [0.4, 0.5) is 16.2 Å². The Hall–Kier alpha value is -2.85. The fourth-order valence-electron chi connectivity index (χ4n) is 3.45. The van der Waals surface area contributed by atoms with E-state index in [1.54, 1.807) is 47.4 Å². The summed E-state index contributed by atoms with van der Waals surface area (Å²) in [5, 5.41) is 6.03. The first-order valence-electron chi connectivity index (χ1n) is 9.57. The molecule has 0 saturated heterocycles. The van der Waals surface area contributed by atoms with Crippen LogP contribution < -0.4 is 21.9 Å². The van der Waals surface area contributed by atoms with Crippen LogP contribution in [0.5, 0.6) is 0 Å². The van der Waals surface area contributed by atoms with E-state index in [4.69, 9.17) is 5.73 Å². The van der Waals surface area contributed by atoms with Crippen molar-refractivity contribution in [1.82, 2.24) is 9.97 Å². The summed E-state index contributed by atoms with van der Waals surface area (Å²) >= 11 is 3.18. The third-order valence-electron chi connectivity index (χ3n) is 4.77. The Kier molecular flexibility index (Phi) is 6.05. The highest BCUT2D eigenvalue weighted by Gasteiger charge is 2.21. The molecule has 1 aliphatic carbocycles. The lowest BCUT2D eigenvalue weighted by Gasteiger charge is -2.07. The summed E-state index contributed by atoms with van der Waals surface area (Å²) in [6, 6.07) is 6.07. The van der Waals surface area contributed by atoms with Gasteiger partial charge in [0.1, 0.15) is 10.7 Å². The fraction of sp³-hybridized carbons (Fsp3) is 0.300. The van der Waals surface area contributed by atoms with Crippen LogP contribution in [0.3, 0.4) is 0 Å². The lowest BCUT2D eigenvalue weighted by molar-refractivity contribution is -0.115. The zero-order valence-electron chi connectivity index (χ0n) is 16.1. The first-order chi connectivity index (χ1) is 14.5. The van der Waals surface area contributed by atoms with E-state index in [1.165, 1.54) is 10.4 Å². The average molecular weight is 444 g/mol. The van der Waals surface area contributed by atoms with Crippen molar-refractivity contribution in [2.24, 2.45) is 5.73 Å². The van der Waals surface area contributed by atoms with E-state index in [2.05, 4.69) is 20.6 Å². The minimum atomic E-state index is -0.637. The second-order valence-electron chi connectivity index (χ2n) is 6.97. The Bertz CT molecular complexity index is 1150. The van der Waals surface area contributed by atoms with E-state index >= 15 is 0 Å². The number of carbonyl (C=O) groups excluding carboxylic acids is 2. The van der Waals surface area contributed by atoms with Crippen LogP contribution in [-0.4, -0.2) is 27.7 Å². The van der Waals surface area contributed by atoms with Crippen molar-refractivity contribution in [3.63, 3.8) is 0 Å². The molecular weight excluding hydrogens is 422 g/mol. The van der Waals surface area contributed by atoms with Crippen molar-refractivity contribution in [2.75, 3.05) is 16.4 Å². The molecule has 1 aliphatic rings. The smallest absolute Gasteiger partial charge is 0.316 e. The van der Waals surface area contributed by atoms with Gasteiger partial charge in [-0.3, -0.25) is 9.59 Å². The number of hydrogen-bond donors (Lipinski definition) is 4. The molecule has 1 aromatic carbocycles. The van der Waals surface area contributed by atoms with Gasteiger partial charge in [-0.1, -0.05) is 0 Å². The molecular formula is C20H21N5O3S2. The molecule has 0 bridgehead atoms. The van der Waals surface area contributed by atoms with Crippen molar-refractivity contribution in [1.29, 1.82) is 0 Å². The number of nitrogens with zero attached hydrogens (tertiary/aromatic N) is 1. The van der Waals surface area contributed by atoms with Gasteiger partial charge in [0, 0.05) is 28.4 Å². The number of nitrogens with two attached hydrogens (primary N) is 1. The zero-order chi connectivity index (χ0) is 21.1. The number of thioether (sulfide) groups is 1. The van der Waals surface area contributed by atoms with Gasteiger partial charge >= 0.3 is 6.03 Å². The molecule has 3 aromatic rings. The van der Waals surface area contributed by atoms with Gasteiger partial charge in [0.15, 0.2) is 0 Å². The van der Waals surface area contributed by atoms with E-state index in [-0.39, 0.29) is 11.5 Å². The third kappa shape index (κ3) is 4.65. The van der Waals surface area contributed by atoms with Crippen molar-refractivity contribution in [3.05, 3.63) is 50.9 Å². The summed E-state index contributed by atoms with van der Waals surface area (Å²) in [6.45, 7) is 0. The molecule has 0 atom stereocenters. The maximum absolute atomic E-state index is 12.5. The quantitative estimate of drug-likeness (QED) is 0.417. The van der Waals surface area contributed by atoms with Gasteiger partial charge in [-0.15, -0.1) is 11.3 Å². The number of aryl methyl sites for hydroxylation is 2. The fourth-order valence-corrected chi connectivity index (χ4v) is 5.54. The van der Waals surface area contributed by atoms with E-state index in [0.717, 1.165) is 29.5 Å². The van der Waals surface area contributed by atoms with Gasteiger partial charge in [0.05, 0.1) is 11.1 Å². The van der Waals surface area contributed by atoms with Crippen molar-refractivity contribution in [2.45, 2.75) is 31.4 Å². The van der Waals surface area contributed by atoms with Gasteiger partial charge < -0.3 is 21.4 Å². The number of primary amides is 1. The van der Waals surface area contributed by atoms with Crippen molar-refractivity contribution >= 4 is 56.6 Å². The second kappa shape index (κ2) is 8.88. The molecule has 156 valence electrons. The maximum atomic E-state index is 12.5. The molecule has 0 aliphatic heterocycles. The number of nitrogens with one attached hydrogen (secondary N) is 3. The molecule has 8 nitrogen and oxygen atoms in total. The Labute approximate surface area is 180 Å². The van der Waals surface area contributed by atoms with Crippen LogP contribution in [0.25, 0.3) is 10.2 Å². The summed E-state index contributed by atoms with van der Waals surface area (Å²) in [5.74, 6) is 1.70. The lowest BCUT2D eigenvalue weighted by Crippen LogP contribution is -2.19. The number of amides is 3. The molecule has 5 N–H and O–H groups in total. The number of carbonyl (C=O) groups is 2. The standard InChI is InChI=1S/C20H21N5O3S2/c21-20(28)23-12-6-4-11(5-7-12)22-16(26)8-9-29-10-15-24-18(27)17-13-2-1-3-14(13)30-19(17)25-15/h4-7H,1-3,8-10H2,(H,22,26)(H3,21,23,28)(H,24,25,27). The van der Waals surface area contributed by atoms with E-state index < -0.39 is 6.03 Å². The highest BCUT2D eigenvalue weighted by molar-refractivity contribution is 7.98. The SMILES string of the molecule is NC(=O)Nc1ccc(NC(=O)CCSCc2nc3sc4c(c3c(=O)[nH]2)CCC4)cc1. The Morgan fingerprint density at radius 3 is 2.63 bits per heavy atom. The predicted molar refractivity (Wildman–Crippen MR) is 121 cm³/mol. The number of aromatic amines is 1. The van der Waals surface area contributed by atoms with Crippen molar-refractivity contribution < 1.29 is 9.59 Å². The largest absolute Gasteiger partial charge is 0.351 e. The van der Waals surface area contributed by atoms with Gasteiger partial charge in [-0.2, -0.15) is 11.8 Å². The summed E-state index contributed by atoms with van der Waals surface area (Å²) in [7, 11) is 0. The van der Waals surface area contributed by atoms with E-state index in [0.29, 0.717) is 35.1 Å². The highest BCUT2D eigenvalue weighted by atomic mass is 32.2. The molecule has 30 heavy (non-hydrogen) atoms. The van der Waals surface area contributed by atoms with Crippen molar-refractivity contribution in [3.8, 4) is 0 Å².